The van der Waals surface area contributed by atoms with Gasteiger partial charge in [0.15, 0.2) is 17.4 Å². The SMILES string of the molecule is CN=C(NCc1nnc2ccc(C(F)(F)F)cn12)NC1CN(C2CC2)CC1C.I. The molecule has 0 spiro atoms. The quantitative estimate of drug-likeness (QED) is 0.367. The van der Waals surface area contributed by atoms with E-state index in [2.05, 4.69) is 37.6 Å². The van der Waals surface area contributed by atoms with E-state index in [-0.39, 0.29) is 30.5 Å². The molecule has 3 heterocycles. The van der Waals surface area contributed by atoms with Gasteiger partial charge in [-0.1, -0.05) is 6.92 Å². The van der Waals surface area contributed by atoms with Crippen molar-refractivity contribution < 1.29 is 13.2 Å². The summed E-state index contributed by atoms with van der Waals surface area (Å²) < 4.78 is 40.3. The molecule has 2 aliphatic rings. The van der Waals surface area contributed by atoms with Crippen LogP contribution in [0.5, 0.6) is 0 Å². The summed E-state index contributed by atoms with van der Waals surface area (Å²) in [6.07, 6.45) is -0.819. The van der Waals surface area contributed by atoms with Crippen LogP contribution in [0.25, 0.3) is 5.65 Å². The van der Waals surface area contributed by atoms with Crippen LogP contribution in [0.1, 0.15) is 31.2 Å². The molecule has 29 heavy (non-hydrogen) atoms. The Balaban J connectivity index is 0.00000240. The van der Waals surface area contributed by atoms with E-state index < -0.39 is 11.7 Å². The van der Waals surface area contributed by atoms with E-state index in [0.29, 0.717) is 29.4 Å². The Morgan fingerprint density at radius 2 is 2.00 bits per heavy atom. The van der Waals surface area contributed by atoms with Gasteiger partial charge in [-0.15, -0.1) is 34.2 Å². The van der Waals surface area contributed by atoms with Crippen LogP contribution in [0.3, 0.4) is 0 Å². The van der Waals surface area contributed by atoms with Gasteiger partial charge in [-0.25, -0.2) is 0 Å². The molecule has 0 aromatic carbocycles. The van der Waals surface area contributed by atoms with Crippen molar-refractivity contribution in [2.75, 3.05) is 20.1 Å². The van der Waals surface area contributed by atoms with Crippen LogP contribution in [0, 0.1) is 5.92 Å². The van der Waals surface area contributed by atoms with Gasteiger partial charge in [-0.05, 0) is 30.9 Å². The van der Waals surface area contributed by atoms with Crippen LogP contribution in [-0.4, -0.2) is 57.7 Å². The fourth-order valence-corrected chi connectivity index (χ4v) is 3.69. The summed E-state index contributed by atoms with van der Waals surface area (Å²) in [5.74, 6) is 1.50. The monoisotopic (exact) mass is 523 g/mol. The molecule has 7 nitrogen and oxygen atoms in total. The molecule has 11 heteroatoms. The number of likely N-dealkylation sites (tertiary alicyclic amines) is 1. The Hall–Kier alpha value is -1.63. The Kier molecular flexibility index (Phi) is 6.56. The van der Waals surface area contributed by atoms with Crippen LogP contribution in [-0.2, 0) is 12.7 Å². The minimum absolute atomic E-state index is 0. The van der Waals surface area contributed by atoms with Gasteiger partial charge >= 0.3 is 6.18 Å². The Morgan fingerprint density at radius 3 is 2.66 bits per heavy atom. The molecule has 160 valence electrons. The molecule has 2 unspecified atom stereocenters. The zero-order valence-electron chi connectivity index (χ0n) is 16.3. The van der Waals surface area contributed by atoms with E-state index in [4.69, 9.17) is 0 Å². The minimum atomic E-state index is -4.41. The summed E-state index contributed by atoms with van der Waals surface area (Å²) in [6, 6.07) is 3.35. The second-order valence-electron chi connectivity index (χ2n) is 7.60. The van der Waals surface area contributed by atoms with Gasteiger partial charge in [-0.2, -0.15) is 13.2 Å². The van der Waals surface area contributed by atoms with Gasteiger partial charge in [0.2, 0.25) is 0 Å². The molecule has 2 fully saturated rings. The first kappa shape index (κ1) is 22.1. The highest BCUT2D eigenvalue weighted by atomic mass is 127. The number of guanidine groups is 1. The van der Waals surface area contributed by atoms with Gasteiger partial charge < -0.3 is 10.6 Å². The topological polar surface area (TPSA) is 69.8 Å². The molecule has 2 N–H and O–H groups in total. The van der Waals surface area contributed by atoms with Crippen molar-refractivity contribution in [1.82, 2.24) is 30.1 Å². The Labute approximate surface area is 184 Å². The minimum Gasteiger partial charge on any atom is -0.352 e. The maximum atomic E-state index is 13.0. The zero-order valence-corrected chi connectivity index (χ0v) is 18.6. The van der Waals surface area contributed by atoms with Crippen molar-refractivity contribution in [2.24, 2.45) is 10.9 Å². The van der Waals surface area contributed by atoms with Crippen molar-refractivity contribution in [1.29, 1.82) is 0 Å². The fraction of sp³-hybridized carbons (Fsp3) is 0.611. The first-order valence-corrected chi connectivity index (χ1v) is 9.47. The highest BCUT2D eigenvalue weighted by Crippen LogP contribution is 2.32. The predicted octanol–water partition coefficient (Wildman–Crippen LogP) is 2.51. The first-order valence-electron chi connectivity index (χ1n) is 9.47. The highest BCUT2D eigenvalue weighted by molar-refractivity contribution is 14.0. The van der Waals surface area contributed by atoms with Gasteiger partial charge in [0.05, 0.1) is 12.1 Å². The number of halogens is 4. The number of aromatic nitrogens is 3. The molecule has 1 aliphatic heterocycles. The molecule has 2 atom stereocenters. The lowest BCUT2D eigenvalue weighted by Gasteiger charge is -2.20. The number of fused-ring (bicyclic) bond motifs is 1. The van der Waals surface area contributed by atoms with E-state index in [1.165, 1.54) is 23.3 Å². The van der Waals surface area contributed by atoms with Gasteiger partial charge in [0.25, 0.3) is 0 Å². The Bertz CT molecular complexity index is 878. The molecular formula is C18H25F3IN7. The second kappa shape index (κ2) is 8.62. The van der Waals surface area contributed by atoms with Crippen molar-refractivity contribution in [3.05, 3.63) is 29.7 Å². The van der Waals surface area contributed by atoms with E-state index in [9.17, 15) is 13.2 Å². The van der Waals surface area contributed by atoms with Crippen LogP contribution < -0.4 is 10.6 Å². The predicted molar refractivity (Wildman–Crippen MR) is 114 cm³/mol. The fourth-order valence-electron chi connectivity index (χ4n) is 3.69. The van der Waals surface area contributed by atoms with E-state index in [1.807, 2.05) is 0 Å². The summed E-state index contributed by atoms with van der Waals surface area (Å²) in [5, 5.41) is 14.5. The lowest BCUT2D eigenvalue weighted by Crippen LogP contribution is -2.46. The second-order valence-corrected chi connectivity index (χ2v) is 7.60. The number of hydrogen-bond acceptors (Lipinski definition) is 4. The number of nitrogens with one attached hydrogen (secondary N) is 2. The molecule has 4 rings (SSSR count). The zero-order chi connectivity index (χ0) is 19.9. The number of pyridine rings is 1. The third kappa shape index (κ3) is 4.93. The summed E-state index contributed by atoms with van der Waals surface area (Å²) in [7, 11) is 1.68. The van der Waals surface area contributed by atoms with Crippen LogP contribution in [0.15, 0.2) is 23.3 Å². The summed E-state index contributed by atoms with van der Waals surface area (Å²) >= 11 is 0. The van der Waals surface area contributed by atoms with Crippen LogP contribution in [0.2, 0.25) is 0 Å². The first-order chi connectivity index (χ1) is 13.3. The highest BCUT2D eigenvalue weighted by Gasteiger charge is 2.38. The number of nitrogens with zero attached hydrogens (tertiary/aromatic N) is 5. The molecule has 1 saturated carbocycles. The maximum Gasteiger partial charge on any atom is 0.417 e. The molecule has 1 saturated heterocycles. The largest absolute Gasteiger partial charge is 0.417 e. The van der Waals surface area contributed by atoms with Crippen molar-refractivity contribution in [2.45, 2.75) is 44.6 Å². The van der Waals surface area contributed by atoms with Gasteiger partial charge in [0.1, 0.15) is 0 Å². The third-order valence-corrected chi connectivity index (χ3v) is 5.46. The standard InChI is InChI=1S/C18H24F3N7.HI/c1-11-8-27(13-4-5-13)10-14(11)24-17(22-2)23-7-16-26-25-15-6-3-12(9-28(15)16)18(19,20)21;/h3,6,9,11,13-14H,4-5,7-8,10H2,1-2H3,(H2,22,23,24);1H. The number of alkyl halides is 3. The lowest BCUT2D eigenvalue weighted by atomic mass is 10.1. The summed E-state index contributed by atoms with van der Waals surface area (Å²) in [5.41, 5.74) is -0.360. The van der Waals surface area contributed by atoms with Crippen molar-refractivity contribution in [3.63, 3.8) is 0 Å². The average molecular weight is 523 g/mol. The van der Waals surface area contributed by atoms with Crippen molar-refractivity contribution in [3.8, 4) is 0 Å². The normalized spacial score (nSPS) is 23.3. The maximum absolute atomic E-state index is 13.0. The molecule has 0 bridgehead atoms. The summed E-state index contributed by atoms with van der Waals surface area (Å²) in [6.45, 7) is 4.50. The Morgan fingerprint density at radius 1 is 1.24 bits per heavy atom. The van der Waals surface area contributed by atoms with Crippen LogP contribution in [0.4, 0.5) is 13.2 Å². The number of rotatable bonds is 4. The molecule has 0 amide bonds. The molecule has 0 radical (unpaired) electrons. The van der Waals surface area contributed by atoms with E-state index >= 15 is 0 Å². The molecule has 2 aromatic heterocycles. The van der Waals surface area contributed by atoms with Gasteiger partial charge in [0, 0.05) is 38.4 Å². The van der Waals surface area contributed by atoms with E-state index in [0.717, 1.165) is 31.4 Å². The third-order valence-electron chi connectivity index (χ3n) is 5.46. The molecule has 1 aliphatic carbocycles. The average Bonchev–Trinajstić information content (AvgIpc) is 3.33. The molecular weight excluding hydrogens is 498 g/mol. The van der Waals surface area contributed by atoms with Gasteiger partial charge in [-0.3, -0.25) is 14.3 Å². The smallest absolute Gasteiger partial charge is 0.352 e. The molecule has 2 aromatic rings. The van der Waals surface area contributed by atoms with Crippen LogP contribution >= 0.6 is 24.0 Å². The number of hydrogen-bond donors (Lipinski definition) is 2. The number of aliphatic imine (C=N–C) groups is 1. The lowest BCUT2D eigenvalue weighted by molar-refractivity contribution is -0.137. The summed E-state index contributed by atoms with van der Waals surface area (Å²) in [4.78, 5) is 6.76. The van der Waals surface area contributed by atoms with Crippen molar-refractivity contribution >= 4 is 35.6 Å². The van der Waals surface area contributed by atoms with E-state index in [1.54, 1.807) is 7.05 Å².